The van der Waals surface area contributed by atoms with Crippen molar-refractivity contribution in [2.75, 3.05) is 7.11 Å². The molecular weight excluding hydrogens is 412 g/mol. The van der Waals surface area contributed by atoms with Crippen LogP contribution in [0.5, 0.6) is 5.75 Å². The standard InChI is InChI=1S/C28H31N2O3/c1-8-11-17(2)18(3)23-25-22(21-15-14-19-12-9-10-13-20(19)24(21)33-25)29-16-30(23)27(6)26(4,5)28(27,31)32-7/h8-16,22,25,31H,2-3H2,1,4-7H3/q+1/b11-8-. The lowest BCUT2D eigenvalue weighted by atomic mass is 9.91. The number of benzene rings is 2. The van der Waals surface area contributed by atoms with Crippen LogP contribution in [0.1, 0.15) is 39.3 Å². The molecule has 1 fully saturated rings. The van der Waals surface area contributed by atoms with Gasteiger partial charge in [0.1, 0.15) is 5.75 Å². The molecule has 2 aromatic carbocycles. The third kappa shape index (κ3) is 2.55. The molecule has 0 amide bonds. The van der Waals surface area contributed by atoms with Crippen LogP contribution < -0.4 is 4.74 Å². The number of ether oxygens (including phenoxy) is 2. The highest BCUT2D eigenvalue weighted by molar-refractivity contribution is 6.07. The second kappa shape index (κ2) is 6.99. The maximum absolute atomic E-state index is 11.4. The van der Waals surface area contributed by atoms with E-state index in [1.165, 1.54) is 7.11 Å². The largest absolute Gasteiger partial charge is 0.476 e. The van der Waals surface area contributed by atoms with Crippen LogP contribution in [0.15, 0.2) is 77.8 Å². The smallest absolute Gasteiger partial charge is 0.282 e. The van der Waals surface area contributed by atoms with Gasteiger partial charge < -0.3 is 14.6 Å². The van der Waals surface area contributed by atoms with Crippen molar-refractivity contribution in [2.24, 2.45) is 10.4 Å². The van der Waals surface area contributed by atoms with Crippen LogP contribution in [0.25, 0.3) is 10.8 Å². The van der Waals surface area contributed by atoms with Crippen molar-refractivity contribution >= 4 is 22.8 Å². The summed E-state index contributed by atoms with van der Waals surface area (Å²) < 4.78 is 14.3. The van der Waals surface area contributed by atoms with Gasteiger partial charge in [-0.1, -0.05) is 66.7 Å². The fraction of sp³-hybridized carbons (Fsp3) is 0.357. The Morgan fingerprint density at radius 3 is 2.58 bits per heavy atom. The van der Waals surface area contributed by atoms with E-state index in [4.69, 9.17) is 14.5 Å². The molecule has 0 bridgehead atoms. The van der Waals surface area contributed by atoms with Crippen LogP contribution in [0.2, 0.25) is 0 Å². The van der Waals surface area contributed by atoms with Crippen LogP contribution in [0.4, 0.5) is 0 Å². The van der Waals surface area contributed by atoms with Gasteiger partial charge in [-0.25, -0.2) is 4.58 Å². The Labute approximate surface area is 195 Å². The number of allylic oxidation sites excluding steroid dienone is 3. The molecule has 1 saturated carbocycles. The van der Waals surface area contributed by atoms with E-state index in [0.717, 1.165) is 38.9 Å². The van der Waals surface area contributed by atoms with Crippen molar-refractivity contribution in [3.05, 3.63) is 78.4 Å². The van der Waals surface area contributed by atoms with Gasteiger partial charge in [-0.3, -0.25) is 0 Å². The zero-order valence-corrected chi connectivity index (χ0v) is 19.9. The average molecular weight is 444 g/mol. The van der Waals surface area contributed by atoms with Gasteiger partial charge in [0, 0.05) is 23.6 Å². The number of nitrogens with zero attached hydrogens (tertiary/aromatic N) is 2. The van der Waals surface area contributed by atoms with Crippen LogP contribution in [-0.4, -0.2) is 46.3 Å². The topological polar surface area (TPSA) is 54.1 Å². The summed E-state index contributed by atoms with van der Waals surface area (Å²) in [4.78, 5) is 4.93. The number of rotatable bonds is 5. The summed E-state index contributed by atoms with van der Waals surface area (Å²) in [6.07, 6.45) is 5.31. The van der Waals surface area contributed by atoms with E-state index >= 15 is 0 Å². The Kier molecular flexibility index (Phi) is 4.62. The molecule has 0 aromatic heterocycles. The summed E-state index contributed by atoms with van der Waals surface area (Å²) in [6.45, 7) is 16.6. The summed E-state index contributed by atoms with van der Waals surface area (Å²) in [7, 11) is 1.54. The van der Waals surface area contributed by atoms with E-state index < -0.39 is 16.7 Å². The van der Waals surface area contributed by atoms with Crippen molar-refractivity contribution in [3.8, 4) is 5.75 Å². The first-order valence-electron chi connectivity index (χ1n) is 11.3. The third-order valence-corrected chi connectivity index (χ3v) is 8.14. The minimum Gasteiger partial charge on any atom is -0.476 e. The lowest BCUT2D eigenvalue weighted by Gasteiger charge is -2.27. The Morgan fingerprint density at radius 1 is 1.18 bits per heavy atom. The van der Waals surface area contributed by atoms with Crippen LogP contribution in [0, 0.1) is 5.41 Å². The molecule has 2 aromatic rings. The average Bonchev–Trinajstić information content (AvgIpc) is 3.08. The second-order valence-corrected chi connectivity index (χ2v) is 9.76. The first kappa shape index (κ1) is 21.8. The molecule has 2 heterocycles. The minimum atomic E-state index is -1.36. The molecule has 0 spiro atoms. The molecule has 0 radical (unpaired) electrons. The fourth-order valence-corrected chi connectivity index (χ4v) is 5.74. The summed E-state index contributed by atoms with van der Waals surface area (Å²) in [5, 5.41) is 13.6. The summed E-state index contributed by atoms with van der Waals surface area (Å²) in [5.74, 6) is -0.504. The predicted octanol–water partition coefficient (Wildman–Crippen LogP) is 4.96. The summed E-state index contributed by atoms with van der Waals surface area (Å²) in [5.41, 5.74) is 2.13. The van der Waals surface area contributed by atoms with Crippen molar-refractivity contribution in [1.29, 1.82) is 0 Å². The van der Waals surface area contributed by atoms with Gasteiger partial charge in [-0.05, 0) is 38.7 Å². The van der Waals surface area contributed by atoms with E-state index in [2.05, 4.69) is 37.4 Å². The molecule has 4 atom stereocenters. The van der Waals surface area contributed by atoms with Crippen LogP contribution in [0.3, 0.4) is 0 Å². The van der Waals surface area contributed by atoms with E-state index in [1.54, 1.807) is 0 Å². The van der Waals surface area contributed by atoms with Crippen molar-refractivity contribution in [3.63, 3.8) is 0 Å². The van der Waals surface area contributed by atoms with Crippen LogP contribution >= 0.6 is 0 Å². The first-order valence-corrected chi connectivity index (χ1v) is 11.3. The molecule has 5 rings (SSSR count). The number of fused-ring (bicyclic) bond motifs is 5. The quantitative estimate of drug-likeness (QED) is 0.404. The van der Waals surface area contributed by atoms with Gasteiger partial charge in [0.25, 0.3) is 6.34 Å². The lowest BCUT2D eigenvalue weighted by molar-refractivity contribution is -0.491. The molecule has 1 aliphatic carbocycles. The van der Waals surface area contributed by atoms with E-state index in [1.807, 2.05) is 62.9 Å². The molecule has 2 aliphatic heterocycles. The van der Waals surface area contributed by atoms with E-state index in [9.17, 15) is 5.11 Å². The monoisotopic (exact) mass is 443 g/mol. The zero-order valence-electron chi connectivity index (χ0n) is 19.9. The van der Waals surface area contributed by atoms with Gasteiger partial charge in [0.05, 0.1) is 5.41 Å². The molecule has 0 saturated heterocycles. The maximum Gasteiger partial charge on any atom is 0.282 e. The molecule has 170 valence electrons. The molecule has 3 aliphatic rings. The van der Waals surface area contributed by atoms with Gasteiger partial charge >= 0.3 is 0 Å². The van der Waals surface area contributed by atoms with Crippen molar-refractivity contribution in [2.45, 2.75) is 51.2 Å². The van der Waals surface area contributed by atoms with E-state index in [0.29, 0.717) is 0 Å². The van der Waals surface area contributed by atoms with E-state index in [-0.39, 0.29) is 12.1 Å². The maximum atomic E-state index is 11.4. The summed E-state index contributed by atoms with van der Waals surface area (Å²) in [6, 6.07) is 12.2. The zero-order chi connectivity index (χ0) is 23.8. The molecule has 4 unspecified atom stereocenters. The predicted molar refractivity (Wildman–Crippen MR) is 132 cm³/mol. The molecule has 5 heteroatoms. The number of hydrogen-bond acceptors (Lipinski definition) is 4. The summed E-state index contributed by atoms with van der Waals surface area (Å²) >= 11 is 0. The third-order valence-electron chi connectivity index (χ3n) is 8.14. The highest BCUT2D eigenvalue weighted by atomic mass is 16.6. The number of aliphatic imine (C=N–C) groups is 1. The Balaban J connectivity index is 1.71. The lowest BCUT2D eigenvalue weighted by Crippen LogP contribution is -2.48. The van der Waals surface area contributed by atoms with Crippen molar-refractivity contribution < 1.29 is 19.2 Å². The fourth-order valence-electron chi connectivity index (χ4n) is 5.74. The highest BCUT2D eigenvalue weighted by Gasteiger charge is 2.87. The Morgan fingerprint density at radius 2 is 1.91 bits per heavy atom. The Hall–Kier alpha value is -3.02. The molecule has 33 heavy (non-hydrogen) atoms. The minimum absolute atomic E-state index is 0.202. The molecule has 5 nitrogen and oxygen atoms in total. The number of hydrogen-bond donors (Lipinski definition) is 1. The Bertz CT molecular complexity index is 1300. The number of aliphatic hydroxyl groups is 1. The van der Waals surface area contributed by atoms with Gasteiger partial charge in [0.2, 0.25) is 17.9 Å². The highest BCUT2D eigenvalue weighted by Crippen LogP contribution is 2.67. The molecular formula is C28H31N2O3+. The van der Waals surface area contributed by atoms with Gasteiger partial charge in [0.15, 0.2) is 11.3 Å². The van der Waals surface area contributed by atoms with Gasteiger partial charge in [-0.2, -0.15) is 0 Å². The van der Waals surface area contributed by atoms with Crippen molar-refractivity contribution in [1.82, 2.24) is 0 Å². The normalized spacial score (nSPS) is 31.5. The first-order chi connectivity index (χ1) is 15.6. The number of methoxy groups -OCH3 is 1. The second-order valence-electron chi connectivity index (χ2n) is 9.76. The van der Waals surface area contributed by atoms with Gasteiger partial charge in [-0.15, -0.1) is 0 Å². The SMILES string of the molecule is C=C(/C=C\C)C(=C)C1=[N+](C2(C)C(C)(C)C2(O)OC)C=NC2c3ccc4ccccc4c3OC12. The molecule has 1 N–H and O–H groups in total. The van der Waals surface area contributed by atoms with Crippen LogP contribution in [-0.2, 0) is 4.74 Å².